The lowest BCUT2D eigenvalue weighted by molar-refractivity contribution is -0.145. The van der Waals surface area contributed by atoms with Gasteiger partial charge in [-0.05, 0) is 67.8 Å². The Hall–Kier alpha value is -3.01. The van der Waals surface area contributed by atoms with E-state index in [4.69, 9.17) is 10.8 Å². The van der Waals surface area contributed by atoms with E-state index in [1.165, 1.54) is 6.07 Å². The summed E-state index contributed by atoms with van der Waals surface area (Å²) in [5, 5.41) is 33.9. The van der Waals surface area contributed by atoms with E-state index in [9.17, 15) is 19.8 Å². The predicted octanol–water partition coefficient (Wildman–Crippen LogP) is 3.24. The summed E-state index contributed by atoms with van der Waals surface area (Å²) in [6.45, 7) is 2.95. The third-order valence-electron chi connectivity index (χ3n) is 7.25. The van der Waals surface area contributed by atoms with Gasteiger partial charge in [-0.3, -0.25) is 4.79 Å². The van der Waals surface area contributed by atoms with E-state index in [1.807, 2.05) is 31.2 Å². The largest absolute Gasteiger partial charge is 0.465 e. The lowest BCUT2D eigenvalue weighted by Crippen LogP contribution is -2.51. The molecule has 9 heteroatoms. The van der Waals surface area contributed by atoms with Crippen molar-refractivity contribution in [3.05, 3.63) is 59.4 Å². The molecule has 6 N–H and O–H groups in total. The van der Waals surface area contributed by atoms with Gasteiger partial charge < -0.3 is 31.3 Å². The number of carboxylic acid groups (broad SMARTS) is 1. The molecule has 2 aromatic carbocycles. The molecule has 1 saturated heterocycles. The minimum Gasteiger partial charge on any atom is -0.465 e. The van der Waals surface area contributed by atoms with Gasteiger partial charge in [-0.25, -0.2) is 9.18 Å². The van der Waals surface area contributed by atoms with Crippen LogP contribution in [0.15, 0.2) is 42.5 Å². The molecule has 1 aliphatic heterocycles. The molecule has 0 aromatic heterocycles. The van der Waals surface area contributed by atoms with Gasteiger partial charge in [0.1, 0.15) is 11.9 Å². The number of rotatable bonds is 11. The summed E-state index contributed by atoms with van der Waals surface area (Å²) in [6, 6.07) is 12.2. The van der Waals surface area contributed by atoms with E-state index < -0.39 is 35.4 Å². The first-order valence-corrected chi connectivity index (χ1v) is 13.0. The minimum atomic E-state index is -1.54. The molecule has 3 rings (SSSR count). The molecule has 0 unspecified atom stereocenters. The van der Waals surface area contributed by atoms with Gasteiger partial charge in [0.05, 0.1) is 5.60 Å². The average Bonchev–Trinajstić information content (AvgIpc) is 2.90. The third-order valence-corrected chi connectivity index (χ3v) is 7.25. The fraction of sp³-hybridized carbons (Fsp3) is 0.500. The highest BCUT2D eigenvalue weighted by atomic mass is 19.1. The van der Waals surface area contributed by atoms with Crippen LogP contribution in [0.4, 0.5) is 9.18 Å². The minimum absolute atomic E-state index is 0.123. The lowest BCUT2D eigenvalue weighted by Gasteiger charge is -2.44. The first-order valence-electron chi connectivity index (χ1n) is 13.0. The molecule has 2 amide bonds. The number of likely N-dealkylation sites (tertiary alicyclic amines) is 1. The Labute approximate surface area is 217 Å². The highest BCUT2D eigenvalue weighted by Crippen LogP contribution is 2.44. The van der Waals surface area contributed by atoms with Gasteiger partial charge in [-0.1, -0.05) is 43.3 Å². The van der Waals surface area contributed by atoms with Crippen molar-refractivity contribution in [2.75, 3.05) is 26.2 Å². The van der Waals surface area contributed by atoms with Crippen molar-refractivity contribution in [2.45, 2.75) is 57.2 Å². The Morgan fingerprint density at radius 1 is 1.27 bits per heavy atom. The summed E-state index contributed by atoms with van der Waals surface area (Å²) in [5.74, 6) is -1.34. The first kappa shape index (κ1) is 28.6. The molecule has 8 nitrogen and oxygen atoms in total. The number of halogens is 1. The van der Waals surface area contributed by atoms with Gasteiger partial charge >= 0.3 is 6.09 Å². The van der Waals surface area contributed by atoms with Crippen LogP contribution in [0.1, 0.15) is 50.2 Å². The number of piperidine rings is 1. The summed E-state index contributed by atoms with van der Waals surface area (Å²) in [5.41, 5.74) is 6.37. The number of carbonyl (C=O) groups excluding carboxylic acids is 1. The molecular formula is C28H38FN3O5. The maximum atomic E-state index is 15.4. The maximum Gasteiger partial charge on any atom is 0.404 e. The van der Waals surface area contributed by atoms with Crippen LogP contribution in [0.2, 0.25) is 0 Å². The van der Waals surface area contributed by atoms with Crippen LogP contribution in [-0.2, 0) is 16.8 Å². The average molecular weight is 516 g/mol. The van der Waals surface area contributed by atoms with Crippen molar-refractivity contribution in [2.24, 2.45) is 11.7 Å². The number of hydrogen-bond acceptors (Lipinski definition) is 5. The van der Waals surface area contributed by atoms with Gasteiger partial charge in [0, 0.05) is 31.1 Å². The number of nitrogens with zero attached hydrogens (tertiary/aromatic N) is 1. The predicted molar refractivity (Wildman–Crippen MR) is 139 cm³/mol. The molecule has 0 spiro atoms. The number of aliphatic hydroxyl groups excluding tert-OH is 1. The topological polar surface area (TPSA) is 136 Å². The second-order valence-corrected chi connectivity index (χ2v) is 9.69. The smallest absolute Gasteiger partial charge is 0.404 e. The highest BCUT2D eigenvalue weighted by Gasteiger charge is 2.43. The van der Waals surface area contributed by atoms with Crippen molar-refractivity contribution >= 4 is 12.0 Å². The number of benzene rings is 2. The van der Waals surface area contributed by atoms with Crippen molar-refractivity contribution < 1.29 is 29.3 Å². The van der Waals surface area contributed by atoms with Crippen molar-refractivity contribution in [1.82, 2.24) is 10.2 Å². The first-order chi connectivity index (χ1) is 17.7. The Bertz CT molecular complexity index is 1080. The highest BCUT2D eigenvalue weighted by molar-refractivity contribution is 5.80. The zero-order valence-electron chi connectivity index (χ0n) is 21.3. The van der Waals surface area contributed by atoms with Crippen LogP contribution in [0.25, 0.3) is 11.1 Å². The molecule has 3 atom stereocenters. The van der Waals surface area contributed by atoms with E-state index in [0.717, 1.165) is 12.0 Å². The fourth-order valence-corrected chi connectivity index (χ4v) is 5.30. The second kappa shape index (κ2) is 13.0. The molecule has 2 aromatic rings. The fourth-order valence-electron chi connectivity index (χ4n) is 5.30. The molecule has 0 aliphatic carbocycles. The van der Waals surface area contributed by atoms with E-state index >= 15 is 4.39 Å². The van der Waals surface area contributed by atoms with E-state index in [2.05, 4.69) is 5.32 Å². The van der Waals surface area contributed by atoms with Crippen LogP contribution in [0.5, 0.6) is 0 Å². The zero-order chi connectivity index (χ0) is 27.0. The van der Waals surface area contributed by atoms with E-state index in [1.54, 1.807) is 17.0 Å². The van der Waals surface area contributed by atoms with Gasteiger partial charge in [-0.2, -0.15) is 0 Å². The van der Waals surface area contributed by atoms with E-state index in [0.29, 0.717) is 42.5 Å². The molecule has 1 heterocycles. The van der Waals surface area contributed by atoms with Gasteiger partial charge in [-0.15, -0.1) is 0 Å². The van der Waals surface area contributed by atoms with Crippen LogP contribution < -0.4 is 11.1 Å². The standard InChI is InChI=1S/C28H38FN3O5/c1-2-19-7-3-8-20(17-19)25-22(10-4-11-23(25)29)28(37,13-6-15-31-27(35)36)21-9-5-16-32(18-21)26(34)24(33)12-14-30/h3-4,7-8,10-11,17,21,24,31,33,37H,2,5-6,9,12-16,18,30H2,1H3,(H,35,36)/t21-,24+,28+/m1/s1. The number of aryl methyl sites for hydroxylation is 1. The SMILES string of the molecule is CCc1cccc(-c2c(F)cccc2[C@](O)(CCCNC(=O)O)[C@@H]2CCCN(C(=O)[C@@H](O)CCN)C2)c1. The molecule has 0 bridgehead atoms. The summed E-state index contributed by atoms with van der Waals surface area (Å²) in [7, 11) is 0. The molecule has 37 heavy (non-hydrogen) atoms. The summed E-state index contributed by atoms with van der Waals surface area (Å²) in [6.07, 6.45) is 0.221. The van der Waals surface area contributed by atoms with Crippen LogP contribution in [0, 0.1) is 11.7 Å². The number of aliphatic hydroxyl groups is 2. The Morgan fingerprint density at radius 2 is 2.03 bits per heavy atom. The molecule has 1 fully saturated rings. The molecule has 1 aliphatic rings. The molecule has 202 valence electrons. The van der Waals surface area contributed by atoms with Crippen LogP contribution >= 0.6 is 0 Å². The molecule has 0 radical (unpaired) electrons. The normalized spacial score (nSPS) is 18.2. The molecule has 0 saturated carbocycles. The van der Waals surface area contributed by atoms with Crippen molar-refractivity contribution in [3.8, 4) is 11.1 Å². The Kier molecular flexibility index (Phi) is 10.0. The van der Waals surface area contributed by atoms with Crippen LogP contribution in [0.3, 0.4) is 0 Å². The maximum absolute atomic E-state index is 15.4. The molecular weight excluding hydrogens is 477 g/mol. The quantitative estimate of drug-likeness (QED) is 0.292. The third kappa shape index (κ3) is 6.85. The Balaban J connectivity index is 2.03. The van der Waals surface area contributed by atoms with Crippen LogP contribution in [-0.4, -0.2) is 64.5 Å². The van der Waals surface area contributed by atoms with Gasteiger partial charge in [0.2, 0.25) is 0 Å². The number of carbonyl (C=O) groups is 2. The van der Waals surface area contributed by atoms with E-state index in [-0.39, 0.29) is 32.5 Å². The van der Waals surface area contributed by atoms with Gasteiger partial charge in [0.25, 0.3) is 5.91 Å². The number of nitrogens with two attached hydrogens (primary N) is 1. The number of nitrogens with one attached hydrogen (secondary N) is 1. The lowest BCUT2D eigenvalue weighted by atomic mass is 9.72. The monoisotopic (exact) mass is 515 g/mol. The summed E-state index contributed by atoms with van der Waals surface area (Å²) in [4.78, 5) is 25.4. The Morgan fingerprint density at radius 3 is 2.73 bits per heavy atom. The summed E-state index contributed by atoms with van der Waals surface area (Å²) >= 11 is 0. The van der Waals surface area contributed by atoms with Crippen molar-refractivity contribution in [3.63, 3.8) is 0 Å². The summed E-state index contributed by atoms with van der Waals surface area (Å²) < 4.78 is 15.4. The zero-order valence-corrected chi connectivity index (χ0v) is 21.3. The number of hydrogen-bond donors (Lipinski definition) is 5. The van der Waals surface area contributed by atoms with Gasteiger partial charge in [0.15, 0.2) is 0 Å². The van der Waals surface area contributed by atoms with Crippen molar-refractivity contribution in [1.29, 1.82) is 0 Å². The second-order valence-electron chi connectivity index (χ2n) is 9.69. The number of amides is 2.